The van der Waals surface area contributed by atoms with Gasteiger partial charge in [0.05, 0.1) is 13.2 Å². The highest BCUT2D eigenvalue weighted by Crippen LogP contribution is 2.52. The summed E-state index contributed by atoms with van der Waals surface area (Å²) in [5.74, 6) is 0. The van der Waals surface area contributed by atoms with Crippen LogP contribution in [0.4, 0.5) is 0 Å². The van der Waals surface area contributed by atoms with E-state index in [1.54, 1.807) is 20.1 Å². The maximum atomic E-state index is 11.7. The lowest BCUT2D eigenvalue weighted by Gasteiger charge is -2.15. The van der Waals surface area contributed by atoms with E-state index < -0.39 is 7.60 Å². The van der Waals surface area contributed by atoms with Gasteiger partial charge in [0.1, 0.15) is 0 Å². The molecule has 0 aromatic rings. The molecule has 0 fully saturated rings. The molecule has 0 spiro atoms. The number of thioether (sulfide) groups is 1. The molecule has 0 heterocycles. The highest BCUT2D eigenvalue weighted by atomic mass is 32.2. The number of hydrogen-bond donors (Lipinski definition) is 0. The summed E-state index contributed by atoms with van der Waals surface area (Å²) >= 11 is 6.10. The Kier molecular flexibility index (Phi) is 6.41. The van der Waals surface area contributed by atoms with Crippen LogP contribution in [0.1, 0.15) is 13.8 Å². The molecule has 0 aromatic heterocycles. The molecule has 0 rings (SSSR count). The zero-order chi connectivity index (χ0) is 9.61. The van der Waals surface area contributed by atoms with E-state index in [0.717, 1.165) is 0 Å². The highest BCUT2D eigenvalue weighted by molar-refractivity contribution is 8.35. The van der Waals surface area contributed by atoms with Crippen LogP contribution in [0.15, 0.2) is 0 Å². The molecule has 0 aliphatic rings. The molecule has 0 aliphatic carbocycles. The first-order valence-corrected chi connectivity index (χ1v) is 6.76. The average Bonchev–Trinajstić information content (AvgIpc) is 2.04. The second-order valence-corrected chi connectivity index (χ2v) is 5.85. The van der Waals surface area contributed by atoms with Gasteiger partial charge in [-0.3, -0.25) is 4.57 Å². The van der Waals surface area contributed by atoms with E-state index in [9.17, 15) is 4.57 Å². The maximum Gasteiger partial charge on any atom is 0.378 e. The van der Waals surface area contributed by atoms with E-state index in [0.29, 0.717) is 17.2 Å². The number of rotatable bonds is 5. The molecule has 0 unspecified atom stereocenters. The largest absolute Gasteiger partial charge is 0.378 e. The molecule has 0 N–H and O–H groups in total. The fourth-order valence-electron chi connectivity index (χ4n) is 0.594. The third-order valence-corrected chi connectivity index (χ3v) is 5.38. The molecule has 0 radical (unpaired) electrons. The van der Waals surface area contributed by atoms with Crippen LogP contribution >= 0.6 is 31.6 Å². The third kappa shape index (κ3) is 3.54. The molecule has 12 heavy (non-hydrogen) atoms. The summed E-state index contributed by atoms with van der Waals surface area (Å²) < 4.78 is 22.0. The van der Waals surface area contributed by atoms with Crippen LogP contribution in [-0.2, 0) is 13.6 Å². The molecule has 72 valence electrons. The van der Waals surface area contributed by atoms with Crippen molar-refractivity contribution in [2.75, 3.05) is 19.5 Å². The van der Waals surface area contributed by atoms with E-state index in [1.807, 2.05) is 0 Å². The van der Waals surface area contributed by atoms with E-state index in [4.69, 9.17) is 21.3 Å². The van der Waals surface area contributed by atoms with Gasteiger partial charge in [-0.1, -0.05) is 12.2 Å². The Balaban J connectivity index is 4.38. The van der Waals surface area contributed by atoms with Gasteiger partial charge >= 0.3 is 7.60 Å². The summed E-state index contributed by atoms with van der Waals surface area (Å²) in [7, 11) is -3.12. The molecule has 0 saturated heterocycles. The van der Waals surface area contributed by atoms with E-state index in [-0.39, 0.29) is 0 Å². The highest BCUT2D eigenvalue weighted by Gasteiger charge is 2.28. The molecule has 6 heteroatoms. The quantitative estimate of drug-likeness (QED) is 0.534. The average molecular weight is 228 g/mol. The topological polar surface area (TPSA) is 35.5 Å². The van der Waals surface area contributed by atoms with Gasteiger partial charge in [-0.05, 0) is 20.1 Å². The summed E-state index contributed by atoms with van der Waals surface area (Å²) in [5, 5.41) is 0. The Morgan fingerprint density at radius 3 is 2.08 bits per heavy atom. The van der Waals surface area contributed by atoms with Crippen molar-refractivity contribution in [3.8, 4) is 0 Å². The Hall–Kier alpha value is 0.590. The summed E-state index contributed by atoms with van der Waals surface area (Å²) in [6.07, 6.45) is 1.76. The van der Waals surface area contributed by atoms with Crippen molar-refractivity contribution in [3.63, 3.8) is 0 Å². The molecule has 0 bridgehead atoms. The van der Waals surface area contributed by atoms with Crippen LogP contribution in [0.2, 0.25) is 0 Å². The minimum atomic E-state index is -3.12. The summed E-state index contributed by atoms with van der Waals surface area (Å²) in [6.45, 7) is 4.21. The molecular formula is C6H13O3PS2. The Bertz CT molecular complexity index is 185. The van der Waals surface area contributed by atoms with Crippen molar-refractivity contribution in [1.29, 1.82) is 0 Å². The van der Waals surface area contributed by atoms with Crippen LogP contribution in [0.25, 0.3) is 0 Å². The van der Waals surface area contributed by atoms with Gasteiger partial charge in [-0.2, -0.15) is 0 Å². The van der Waals surface area contributed by atoms with Crippen LogP contribution in [0, 0.1) is 0 Å². The minimum absolute atomic E-state index is 0.297. The predicted molar refractivity (Wildman–Crippen MR) is 57.0 cm³/mol. The molecule has 0 saturated carbocycles. The van der Waals surface area contributed by atoms with E-state index in [2.05, 4.69) is 0 Å². The molecule has 0 aliphatic heterocycles. The fourth-order valence-corrected chi connectivity index (χ4v) is 3.09. The number of thiocarbonyl (C=S) groups is 1. The van der Waals surface area contributed by atoms with Crippen LogP contribution in [-0.4, -0.2) is 23.4 Å². The fraction of sp³-hybridized carbons (Fsp3) is 0.833. The Morgan fingerprint density at radius 1 is 1.42 bits per heavy atom. The van der Waals surface area contributed by atoms with Gasteiger partial charge in [-0.25, -0.2) is 0 Å². The molecule has 3 nitrogen and oxygen atoms in total. The second-order valence-electron chi connectivity index (χ2n) is 1.80. The van der Waals surface area contributed by atoms with Crippen molar-refractivity contribution < 1.29 is 13.6 Å². The van der Waals surface area contributed by atoms with Crippen molar-refractivity contribution >= 4 is 35.5 Å². The minimum Gasteiger partial charge on any atom is -0.305 e. The predicted octanol–water partition coefficient (Wildman–Crippen LogP) is 2.90. The zero-order valence-corrected chi connectivity index (χ0v) is 9.93. The van der Waals surface area contributed by atoms with Gasteiger partial charge < -0.3 is 9.05 Å². The molecular weight excluding hydrogens is 215 g/mol. The third-order valence-electron chi connectivity index (χ3n) is 0.996. The van der Waals surface area contributed by atoms with Crippen molar-refractivity contribution in [3.05, 3.63) is 0 Å². The summed E-state index contributed by atoms with van der Waals surface area (Å²) in [5.41, 5.74) is 0. The van der Waals surface area contributed by atoms with Crippen LogP contribution in [0.3, 0.4) is 0 Å². The number of hydrogen-bond acceptors (Lipinski definition) is 5. The van der Waals surface area contributed by atoms with Gasteiger partial charge in [-0.15, -0.1) is 11.8 Å². The lowest BCUT2D eigenvalue weighted by Crippen LogP contribution is -2.01. The lowest BCUT2D eigenvalue weighted by atomic mass is 10.9. The van der Waals surface area contributed by atoms with Gasteiger partial charge in [0, 0.05) is 0 Å². The smallest absolute Gasteiger partial charge is 0.305 e. The zero-order valence-electron chi connectivity index (χ0n) is 7.40. The first-order valence-electron chi connectivity index (χ1n) is 3.58. The van der Waals surface area contributed by atoms with Crippen molar-refractivity contribution in [2.45, 2.75) is 13.8 Å². The molecule has 0 aromatic carbocycles. The Morgan fingerprint density at radius 2 is 1.83 bits per heavy atom. The maximum absolute atomic E-state index is 11.7. The van der Waals surface area contributed by atoms with Gasteiger partial charge in [0.25, 0.3) is 0 Å². The van der Waals surface area contributed by atoms with Gasteiger partial charge in [0.15, 0.2) is 3.94 Å². The standard InChI is InChI=1S/C6H13O3PS2/c1-4-8-10(7,9-5-2)6(11)12-3/h4-5H2,1-3H3. The molecule has 0 amide bonds. The molecule has 0 atom stereocenters. The van der Waals surface area contributed by atoms with Crippen LogP contribution in [0.5, 0.6) is 0 Å². The monoisotopic (exact) mass is 228 g/mol. The van der Waals surface area contributed by atoms with Crippen molar-refractivity contribution in [2.24, 2.45) is 0 Å². The summed E-state index contributed by atoms with van der Waals surface area (Å²) in [6, 6.07) is 0. The van der Waals surface area contributed by atoms with E-state index in [1.165, 1.54) is 11.8 Å². The van der Waals surface area contributed by atoms with E-state index >= 15 is 0 Å². The summed E-state index contributed by atoms with van der Waals surface area (Å²) in [4.78, 5) is 0. The van der Waals surface area contributed by atoms with Crippen LogP contribution < -0.4 is 0 Å². The van der Waals surface area contributed by atoms with Crippen molar-refractivity contribution in [1.82, 2.24) is 0 Å². The van der Waals surface area contributed by atoms with Gasteiger partial charge in [0.2, 0.25) is 0 Å². The first-order chi connectivity index (χ1) is 5.60. The second kappa shape index (κ2) is 6.11. The first kappa shape index (κ1) is 12.6. The normalized spacial score (nSPS) is 11.6. The SMILES string of the molecule is CCOP(=O)(OCC)C(=S)SC. The lowest BCUT2D eigenvalue weighted by molar-refractivity contribution is 0.233. The Labute approximate surface area is 82.7 Å².